The molecular weight excluding hydrogens is 262 g/mol. The van der Waals surface area contributed by atoms with Crippen molar-refractivity contribution in [3.63, 3.8) is 0 Å². The molecule has 3 heteroatoms. The second-order valence-electron chi connectivity index (χ2n) is 5.33. The number of rotatable bonds is 4. The van der Waals surface area contributed by atoms with Gasteiger partial charge in [0, 0.05) is 0 Å². The van der Waals surface area contributed by atoms with Crippen LogP contribution in [-0.4, -0.2) is 11.0 Å². The number of benzene rings is 2. The Bertz CT molecular complexity index is 622. The van der Waals surface area contributed by atoms with Crippen molar-refractivity contribution >= 4 is 5.91 Å². The molecule has 0 saturated heterocycles. The first-order valence-electron chi connectivity index (χ1n) is 7.10. The van der Waals surface area contributed by atoms with Gasteiger partial charge in [-0.05, 0) is 43.0 Å². The standard InChI is InChI=1S/C18H21NO2/c1-12-8-7-11-16(13(12)2)14(3)19-18(21)17(20)15-9-5-4-6-10-15/h4-11,14,17,20H,1-3H3,(H,19,21). The van der Waals surface area contributed by atoms with E-state index < -0.39 is 6.10 Å². The fourth-order valence-electron chi connectivity index (χ4n) is 2.40. The summed E-state index contributed by atoms with van der Waals surface area (Å²) in [5.41, 5.74) is 4.03. The molecule has 0 bridgehead atoms. The second kappa shape index (κ2) is 6.55. The van der Waals surface area contributed by atoms with Gasteiger partial charge in [0.05, 0.1) is 6.04 Å². The maximum Gasteiger partial charge on any atom is 0.253 e. The molecule has 0 heterocycles. The maximum atomic E-state index is 12.2. The predicted molar refractivity (Wildman–Crippen MR) is 83.9 cm³/mol. The van der Waals surface area contributed by atoms with Crippen molar-refractivity contribution in [3.8, 4) is 0 Å². The molecule has 110 valence electrons. The molecule has 0 aliphatic carbocycles. The third-order valence-electron chi connectivity index (χ3n) is 3.84. The lowest BCUT2D eigenvalue weighted by Crippen LogP contribution is -2.32. The summed E-state index contributed by atoms with van der Waals surface area (Å²) >= 11 is 0. The minimum Gasteiger partial charge on any atom is -0.378 e. The Morgan fingerprint density at radius 3 is 2.38 bits per heavy atom. The van der Waals surface area contributed by atoms with E-state index in [2.05, 4.69) is 5.32 Å². The van der Waals surface area contributed by atoms with Gasteiger partial charge in [0.1, 0.15) is 0 Å². The molecule has 0 spiro atoms. The van der Waals surface area contributed by atoms with Crippen molar-refractivity contribution in [3.05, 3.63) is 70.8 Å². The zero-order chi connectivity index (χ0) is 15.4. The summed E-state index contributed by atoms with van der Waals surface area (Å²) in [6, 6.07) is 14.8. The molecule has 0 radical (unpaired) electrons. The number of amides is 1. The minimum absolute atomic E-state index is 0.143. The Morgan fingerprint density at radius 2 is 1.71 bits per heavy atom. The average molecular weight is 283 g/mol. The summed E-state index contributed by atoms with van der Waals surface area (Å²) in [7, 11) is 0. The Hall–Kier alpha value is -2.13. The molecule has 2 aromatic rings. The average Bonchev–Trinajstić information content (AvgIpc) is 2.50. The predicted octanol–water partition coefficient (Wildman–Crippen LogP) is 3.21. The number of hydrogen-bond acceptors (Lipinski definition) is 2. The monoisotopic (exact) mass is 283 g/mol. The highest BCUT2D eigenvalue weighted by molar-refractivity contribution is 5.82. The van der Waals surface area contributed by atoms with E-state index in [9.17, 15) is 9.90 Å². The van der Waals surface area contributed by atoms with Crippen LogP contribution in [0.1, 0.15) is 41.3 Å². The molecule has 0 fully saturated rings. The van der Waals surface area contributed by atoms with Crippen molar-refractivity contribution in [2.24, 2.45) is 0 Å². The van der Waals surface area contributed by atoms with E-state index in [4.69, 9.17) is 0 Å². The van der Waals surface area contributed by atoms with E-state index in [0.29, 0.717) is 5.56 Å². The maximum absolute atomic E-state index is 12.2. The highest BCUT2D eigenvalue weighted by Crippen LogP contribution is 2.21. The van der Waals surface area contributed by atoms with Crippen LogP contribution in [-0.2, 0) is 4.79 Å². The highest BCUT2D eigenvalue weighted by atomic mass is 16.3. The summed E-state index contributed by atoms with van der Waals surface area (Å²) in [6.07, 6.45) is -1.14. The van der Waals surface area contributed by atoms with Gasteiger partial charge in [-0.1, -0.05) is 48.5 Å². The molecule has 0 aromatic heterocycles. The first-order chi connectivity index (χ1) is 10.0. The first-order valence-corrected chi connectivity index (χ1v) is 7.10. The smallest absolute Gasteiger partial charge is 0.253 e. The van der Waals surface area contributed by atoms with E-state index >= 15 is 0 Å². The summed E-state index contributed by atoms with van der Waals surface area (Å²) < 4.78 is 0. The van der Waals surface area contributed by atoms with Crippen LogP contribution in [0.2, 0.25) is 0 Å². The zero-order valence-corrected chi connectivity index (χ0v) is 12.6. The van der Waals surface area contributed by atoms with Crippen molar-refractivity contribution in [1.82, 2.24) is 5.32 Å². The summed E-state index contributed by atoms with van der Waals surface area (Å²) in [4.78, 5) is 12.2. The highest BCUT2D eigenvalue weighted by Gasteiger charge is 2.20. The lowest BCUT2D eigenvalue weighted by molar-refractivity contribution is -0.130. The van der Waals surface area contributed by atoms with E-state index in [1.54, 1.807) is 24.3 Å². The third kappa shape index (κ3) is 3.50. The van der Waals surface area contributed by atoms with Crippen LogP contribution in [0.25, 0.3) is 0 Å². The fraction of sp³-hybridized carbons (Fsp3) is 0.278. The van der Waals surface area contributed by atoms with Gasteiger partial charge in [-0.3, -0.25) is 4.79 Å². The Kier molecular flexibility index (Phi) is 4.76. The molecule has 2 rings (SSSR count). The molecule has 0 aliphatic rings. The van der Waals surface area contributed by atoms with Gasteiger partial charge >= 0.3 is 0 Å². The van der Waals surface area contributed by atoms with Crippen LogP contribution in [0.15, 0.2) is 48.5 Å². The molecule has 2 N–H and O–H groups in total. The van der Waals surface area contributed by atoms with E-state index in [1.807, 2.05) is 45.0 Å². The number of aliphatic hydroxyl groups is 1. The zero-order valence-electron chi connectivity index (χ0n) is 12.6. The summed E-state index contributed by atoms with van der Waals surface area (Å²) in [5.74, 6) is -0.380. The van der Waals surface area contributed by atoms with Gasteiger partial charge in [-0.15, -0.1) is 0 Å². The van der Waals surface area contributed by atoms with Gasteiger partial charge in [0.2, 0.25) is 0 Å². The largest absolute Gasteiger partial charge is 0.378 e. The number of aryl methyl sites for hydroxylation is 1. The number of carbonyl (C=O) groups excluding carboxylic acids is 1. The van der Waals surface area contributed by atoms with Crippen LogP contribution < -0.4 is 5.32 Å². The van der Waals surface area contributed by atoms with Crippen LogP contribution in [0.4, 0.5) is 0 Å². The third-order valence-corrected chi connectivity index (χ3v) is 3.84. The fourth-order valence-corrected chi connectivity index (χ4v) is 2.40. The molecule has 21 heavy (non-hydrogen) atoms. The Morgan fingerprint density at radius 1 is 1.05 bits per heavy atom. The molecule has 2 atom stereocenters. The topological polar surface area (TPSA) is 49.3 Å². The molecule has 2 unspecified atom stereocenters. The molecule has 0 aliphatic heterocycles. The molecule has 0 saturated carbocycles. The lowest BCUT2D eigenvalue weighted by atomic mass is 9.98. The van der Waals surface area contributed by atoms with Crippen LogP contribution in [0, 0.1) is 13.8 Å². The van der Waals surface area contributed by atoms with Gasteiger partial charge in [-0.25, -0.2) is 0 Å². The van der Waals surface area contributed by atoms with Crippen molar-refractivity contribution in [2.75, 3.05) is 0 Å². The number of carbonyl (C=O) groups is 1. The molecule has 3 nitrogen and oxygen atoms in total. The summed E-state index contributed by atoms with van der Waals surface area (Å²) in [5, 5.41) is 13.0. The van der Waals surface area contributed by atoms with Gasteiger partial charge < -0.3 is 10.4 Å². The Labute approximate surface area is 125 Å². The van der Waals surface area contributed by atoms with Gasteiger partial charge in [-0.2, -0.15) is 0 Å². The van der Waals surface area contributed by atoms with E-state index in [-0.39, 0.29) is 11.9 Å². The normalized spacial score (nSPS) is 13.5. The van der Waals surface area contributed by atoms with Crippen LogP contribution >= 0.6 is 0 Å². The lowest BCUT2D eigenvalue weighted by Gasteiger charge is -2.20. The van der Waals surface area contributed by atoms with Crippen molar-refractivity contribution in [2.45, 2.75) is 32.9 Å². The molecular formula is C18H21NO2. The van der Waals surface area contributed by atoms with E-state index in [0.717, 1.165) is 5.56 Å². The quantitative estimate of drug-likeness (QED) is 0.905. The second-order valence-corrected chi connectivity index (χ2v) is 5.33. The van der Waals surface area contributed by atoms with E-state index in [1.165, 1.54) is 11.1 Å². The van der Waals surface area contributed by atoms with Crippen molar-refractivity contribution in [1.29, 1.82) is 0 Å². The Balaban J connectivity index is 2.10. The van der Waals surface area contributed by atoms with Crippen molar-refractivity contribution < 1.29 is 9.90 Å². The summed E-state index contributed by atoms with van der Waals surface area (Å²) in [6.45, 7) is 6.02. The number of aliphatic hydroxyl groups excluding tert-OH is 1. The number of nitrogens with one attached hydrogen (secondary N) is 1. The van der Waals surface area contributed by atoms with Crippen LogP contribution in [0.3, 0.4) is 0 Å². The number of hydrogen-bond donors (Lipinski definition) is 2. The van der Waals surface area contributed by atoms with Gasteiger partial charge in [0.15, 0.2) is 6.10 Å². The first kappa shape index (κ1) is 15.3. The SMILES string of the molecule is Cc1cccc(C(C)NC(=O)C(O)c2ccccc2)c1C. The van der Waals surface area contributed by atoms with Gasteiger partial charge in [0.25, 0.3) is 5.91 Å². The van der Waals surface area contributed by atoms with Crippen LogP contribution in [0.5, 0.6) is 0 Å². The minimum atomic E-state index is -1.14. The molecule has 1 amide bonds. The molecule has 2 aromatic carbocycles.